The number of aromatic nitrogens is 2. The maximum Gasteiger partial charge on any atom is 0.150 e. The number of nitrogens with two attached hydrogens (primary N) is 2. The Kier molecular flexibility index (Phi) is 3.03. The molecule has 0 amide bonds. The number of nitrogens with zero attached hydrogens (tertiary/aromatic N) is 2. The Bertz CT molecular complexity index is 395. The molecule has 5 nitrogen and oxygen atoms in total. The molecule has 1 aromatic rings. The number of allylic oxidation sites excluding steroid dienone is 2. The lowest BCUT2D eigenvalue weighted by Gasteiger charge is -2.05. The van der Waals surface area contributed by atoms with Crippen molar-refractivity contribution >= 4 is 29.2 Å². The highest BCUT2D eigenvalue weighted by Crippen LogP contribution is 2.18. The van der Waals surface area contributed by atoms with E-state index in [4.69, 9.17) is 28.5 Å². The molecular formula is C8H10ClN5. The first-order valence-electron chi connectivity index (χ1n) is 3.81. The van der Waals surface area contributed by atoms with Crippen LogP contribution in [0.2, 0.25) is 5.15 Å². The molecule has 1 aromatic heterocycles. The molecule has 0 fully saturated rings. The van der Waals surface area contributed by atoms with Gasteiger partial charge in [0.05, 0.1) is 6.20 Å². The van der Waals surface area contributed by atoms with Crippen LogP contribution < -0.4 is 11.5 Å². The molecule has 0 bridgehead atoms. The molecule has 0 saturated heterocycles. The Balaban J connectivity index is 3.37. The highest BCUT2D eigenvalue weighted by Gasteiger charge is 2.09. The SMILES string of the molecule is CC(N)=C(C=N)c1nc(Cl)cnc1N. The van der Waals surface area contributed by atoms with Crippen molar-refractivity contribution in [3.63, 3.8) is 0 Å². The smallest absolute Gasteiger partial charge is 0.150 e. The third-order valence-corrected chi connectivity index (χ3v) is 1.78. The summed E-state index contributed by atoms with van der Waals surface area (Å²) < 4.78 is 0. The molecule has 0 radical (unpaired) electrons. The van der Waals surface area contributed by atoms with Gasteiger partial charge in [0, 0.05) is 17.5 Å². The minimum atomic E-state index is 0.206. The molecule has 14 heavy (non-hydrogen) atoms. The molecule has 0 aliphatic rings. The maximum absolute atomic E-state index is 7.17. The van der Waals surface area contributed by atoms with Crippen LogP contribution in [0.1, 0.15) is 12.6 Å². The number of rotatable bonds is 2. The molecular weight excluding hydrogens is 202 g/mol. The van der Waals surface area contributed by atoms with E-state index in [0.29, 0.717) is 17.0 Å². The lowest BCUT2D eigenvalue weighted by Crippen LogP contribution is -2.05. The van der Waals surface area contributed by atoms with E-state index in [0.717, 1.165) is 6.21 Å². The Labute approximate surface area is 86.3 Å². The van der Waals surface area contributed by atoms with Gasteiger partial charge in [-0.05, 0) is 6.92 Å². The van der Waals surface area contributed by atoms with Crippen molar-refractivity contribution in [1.29, 1.82) is 5.41 Å². The van der Waals surface area contributed by atoms with Crippen molar-refractivity contribution in [1.82, 2.24) is 9.97 Å². The number of nitrogen functional groups attached to an aromatic ring is 1. The number of anilines is 1. The summed E-state index contributed by atoms with van der Waals surface area (Å²) in [6.45, 7) is 1.66. The third-order valence-electron chi connectivity index (χ3n) is 1.60. The molecule has 1 rings (SSSR count). The van der Waals surface area contributed by atoms with E-state index in [1.165, 1.54) is 6.20 Å². The fourth-order valence-corrected chi connectivity index (χ4v) is 1.08. The van der Waals surface area contributed by atoms with Crippen LogP contribution in [-0.4, -0.2) is 16.2 Å². The number of hydrogen-bond acceptors (Lipinski definition) is 5. The van der Waals surface area contributed by atoms with Crippen LogP contribution in [0.15, 0.2) is 11.9 Å². The summed E-state index contributed by atoms with van der Waals surface area (Å²) in [7, 11) is 0. The first-order valence-corrected chi connectivity index (χ1v) is 4.19. The van der Waals surface area contributed by atoms with E-state index >= 15 is 0 Å². The topological polar surface area (TPSA) is 102 Å². The van der Waals surface area contributed by atoms with E-state index in [9.17, 15) is 0 Å². The molecule has 0 saturated carbocycles. The molecule has 0 aromatic carbocycles. The molecule has 0 aliphatic heterocycles. The van der Waals surface area contributed by atoms with Gasteiger partial charge in [-0.25, -0.2) is 9.97 Å². The molecule has 0 spiro atoms. The van der Waals surface area contributed by atoms with Gasteiger partial charge in [-0.3, -0.25) is 0 Å². The standard InChI is InChI=1S/C8H10ClN5/c1-4(11)5(2-10)7-8(12)13-3-6(9)14-7/h2-3,10H,11H2,1H3,(H2,12,13). The summed E-state index contributed by atoms with van der Waals surface area (Å²) in [6, 6.07) is 0. The van der Waals surface area contributed by atoms with Gasteiger partial charge in [0.1, 0.15) is 16.7 Å². The van der Waals surface area contributed by atoms with Crippen LogP contribution in [0.25, 0.3) is 5.57 Å². The lowest BCUT2D eigenvalue weighted by atomic mass is 10.1. The Morgan fingerprint density at radius 1 is 1.64 bits per heavy atom. The maximum atomic E-state index is 7.17. The summed E-state index contributed by atoms with van der Waals surface area (Å²) in [4.78, 5) is 7.77. The van der Waals surface area contributed by atoms with E-state index in [2.05, 4.69) is 9.97 Å². The van der Waals surface area contributed by atoms with Crippen molar-refractivity contribution in [2.75, 3.05) is 5.73 Å². The second kappa shape index (κ2) is 4.06. The van der Waals surface area contributed by atoms with Gasteiger partial charge in [0.25, 0.3) is 0 Å². The van der Waals surface area contributed by atoms with Crippen LogP contribution in [-0.2, 0) is 0 Å². The molecule has 74 valence electrons. The number of halogens is 1. The Morgan fingerprint density at radius 3 is 2.79 bits per heavy atom. The number of nitrogens with one attached hydrogen (secondary N) is 1. The highest BCUT2D eigenvalue weighted by atomic mass is 35.5. The van der Waals surface area contributed by atoms with Crippen LogP contribution >= 0.6 is 11.6 Å². The number of hydrogen-bond donors (Lipinski definition) is 3. The Morgan fingerprint density at radius 2 is 2.29 bits per heavy atom. The quantitative estimate of drug-likeness (QED) is 0.637. The second-order valence-corrected chi connectivity index (χ2v) is 3.05. The first-order chi connectivity index (χ1) is 6.56. The minimum Gasteiger partial charge on any atom is -0.402 e. The van der Waals surface area contributed by atoms with Gasteiger partial charge < -0.3 is 16.9 Å². The van der Waals surface area contributed by atoms with E-state index in [1.54, 1.807) is 6.92 Å². The predicted molar refractivity (Wildman–Crippen MR) is 57.0 cm³/mol. The summed E-state index contributed by atoms with van der Waals surface area (Å²) in [5.74, 6) is 0.206. The fourth-order valence-electron chi connectivity index (χ4n) is 0.944. The van der Waals surface area contributed by atoms with Crippen molar-refractivity contribution in [2.24, 2.45) is 5.73 Å². The van der Waals surface area contributed by atoms with Crippen LogP contribution in [0.3, 0.4) is 0 Å². The summed E-state index contributed by atoms with van der Waals surface area (Å²) >= 11 is 5.65. The van der Waals surface area contributed by atoms with Crippen molar-refractivity contribution in [2.45, 2.75) is 6.92 Å². The second-order valence-electron chi connectivity index (χ2n) is 2.67. The van der Waals surface area contributed by atoms with E-state index in [1.807, 2.05) is 0 Å². The zero-order valence-electron chi connectivity index (χ0n) is 7.58. The Hall–Kier alpha value is -1.62. The van der Waals surface area contributed by atoms with Gasteiger partial charge in [-0.2, -0.15) is 0 Å². The summed E-state index contributed by atoms with van der Waals surface area (Å²) in [5.41, 5.74) is 12.4. The molecule has 1 heterocycles. The largest absolute Gasteiger partial charge is 0.402 e. The lowest BCUT2D eigenvalue weighted by molar-refractivity contribution is 1.17. The van der Waals surface area contributed by atoms with Gasteiger partial charge >= 0.3 is 0 Å². The monoisotopic (exact) mass is 211 g/mol. The molecule has 5 N–H and O–H groups in total. The molecule has 0 aliphatic carbocycles. The van der Waals surface area contributed by atoms with Crippen molar-refractivity contribution in [3.8, 4) is 0 Å². The van der Waals surface area contributed by atoms with Gasteiger partial charge in [-0.15, -0.1) is 0 Å². The van der Waals surface area contributed by atoms with Crippen molar-refractivity contribution < 1.29 is 0 Å². The predicted octanol–water partition coefficient (Wildman–Crippen LogP) is 1.05. The molecule has 0 atom stereocenters. The van der Waals surface area contributed by atoms with Gasteiger partial charge in [-0.1, -0.05) is 11.6 Å². The van der Waals surface area contributed by atoms with Crippen LogP contribution in [0, 0.1) is 5.41 Å². The van der Waals surface area contributed by atoms with Crippen LogP contribution in [0.4, 0.5) is 5.82 Å². The van der Waals surface area contributed by atoms with E-state index < -0.39 is 0 Å². The summed E-state index contributed by atoms with van der Waals surface area (Å²) in [6.07, 6.45) is 2.42. The average molecular weight is 212 g/mol. The first kappa shape index (κ1) is 10.5. The third kappa shape index (κ3) is 2.00. The van der Waals surface area contributed by atoms with Crippen LogP contribution in [0.5, 0.6) is 0 Å². The highest BCUT2D eigenvalue weighted by molar-refractivity contribution is 6.29. The zero-order chi connectivity index (χ0) is 10.7. The van der Waals surface area contributed by atoms with Gasteiger partial charge in [0.15, 0.2) is 0 Å². The molecule has 6 heteroatoms. The van der Waals surface area contributed by atoms with Crippen molar-refractivity contribution in [3.05, 3.63) is 22.7 Å². The normalized spacial score (nSPS) is 12.1. The van der Waals surface area contributed by atoms with Gasteiger partial charge in [0.2, 0.25) is 0 Å². The fraction of sp³-hybridized carbons (Fsp3) is 0.125. The minimum absolute atomic E-state index is 0.206. The summed E-state index contributed by atoms with van der Waals surface area (Å²) in [5, 5.41) is 7.38. The average Bonchev–Trinajstić information content (AvgIpc) is 2.11. The molecule has 0 unspecified atom stereocenters. The zero-order valence-corrected chi connectivity index (χ0v) is 8.34. The van der Waals surface area contributed by atoms with E-state index in [-0.39, 0.29) is 11.0 Å².